The molecule has 0 unspecified atom stereocenters. The number of anilines is 1. The fraction of sp³-hybridized carbons (Fsp3) is 0.375. The third-order valence-electron chi connectivity index (χ3n) is 5.65. The Hall–Kier alpha value is -3.03. The van der Waals surface area contributed by atoms with Gasteiger partial charge in [0.1, 0.15) is 5.75 Å². The number of amides is 2. The summed E-state index contributed by atoms with van der Waals surface area (Å²) in [6.45, 7) is 5.07. The third kappa shape index (κ3) is 4.68. The van der Waals surface area contributed by atoms with Gasteiger partial charge in [-0.3, -0.25) is 19.5 Å². The minimum atomic E-state index is -0.594. The minimum absolute atomic E-state index is 0.297. The summed E-state index contributed by atoms with van der Waals surface area (Å²) in [5, 5.41) is 0. The van der Waals surface area contributed by atoms with Crippen molar-refractivity contribution in [2.75, 3.05) is 51.4 Å². The fourth-order valence-electron chi connectivity index (χ4n) is 3.98. The number of aliphatic imine (C=N–C) groups is 1. The highest BCUT2D eigenvalue weighted by Gasteiger charge is 2.38. The molecule has 2 aliphatic heterocycles. The quantitative estimate of drug-likeness (QED) is 0.391. The molecular weight excluding hydrogens is 394 g/mol. The molecule has 1 saturated heterocycles. The molecule has 2 aliphatic rings. The number of fused-ring (bicyclic) bond motifs is 1. The topological polar surface area (TPSA) is 71.4 Å². The molecule has 2 heterocycles. The summed E-state index contributed by atoms with van der Waals surface area (Å²) in [6.07, 6.45) is 2.61. The van der Waals surface area contributed by atoms with E-state index in [-0.39, 0.29) is 11.8 Å². The predicted octanol–water partition coefficient (Wildman–Crippen LogP) is 2.76. The lowest BCUT2D eigenvalue weighted by Gasteiger charge is -2.31. The van der Waals surface area contributed by atoms with E-state index in [0.717, 1.165) is 39.3 Å². The fourth-order valence-corrected chi connectivity index (χ4v) is 3.98. The molecule has 1 fully saturated rings. The Morgan fingerprint density at radius 3 is 2.74 bits per heavy atom. The highest BCUT2D eigenvalue weighted by Crippen LogP contribution is 2.33. The Kier molecular flexibility index (Phi) is 6.74. The number of hydrogen-bond acceptors (Lipinski definition) is 6. The van der Waals surface area contributed by atoms with E-state index < -0.39 is 5.92 Å². The lowest BCUT2D eigenvalue weighted by atomic mass is 9.89. The number of morpholine rings is 1. The van der Waals surface area contributed by atoms with E-state index in [2.05, 4.69) is 9.89 Å². The van der Waals surface area contributed by atoms with Crippen LogP contribution in [0.2, 0.25) is 0 Å². The van der Waals surface area contributed by atoms with Gasteiger partial charge in [0.2, 0.25) is 5.91 Å². The number of benzene rings is 2. The molecule has 0 radical (unpaired) electrons. The largest absolute Gasteiger partial charge is 0.497 e. The number of imide groups is 1. The van der Waals surface area contributed by atoms with Crippen LogP contribution in [0.3, 0.4) is 0 Å². The van der Waals surface area contributed by atoms with Crippen LogP contribution in [0.15, 0.2) is 53.5 Å². The number of nitrogens with zero attached hydrogens (tertiary/aromatic N) is 3. The first kappa shape index (κ1) is 21.2. The summed E-state index contributed by atoms with van der Waals surface area (Å²) < 4.78 is 10.6. The Balaban J connectivity index is 1.52. The number of rotatable bonds is 7. The van der Waals surface area contributed by atoms with Gasteiger partial charge < -0.3 is 9.47 Å². The Morgan fingerprint density at radius 1 is 1.13 bits per heavy atom. The molecule has 31 heavy (non-hydrogen) atoms. The zero-order chi connectivity index (χ0) is 21.6. The van der Waals surface area contributed by atoms with Crippen LogP contribution in [-0.2, 0) is 9.53 Å². The average Bonchev–Trinajstić information content (AvgIpc) is 2.81. The van der Waals surface area contributed by atoms with Crippen LogP contribution in [0.5, 0.6) is 5.75 Å². The summed E-state index contributed by atoms with van der Waals surface area (Å²) in [5.41, 5.74) is 1.72. The molecule has 0 spiro atoms. The van der Waals surface area contributed by atoms with Crippen molar-refractivity contribution in [1.29, 1.82) is 0 Å². The first-order valence-corrected chi connectivity index (χ1v) is 10.6. The maximum atomic E-state index is 13.4. The van der Waals surface area contributed by atoms with Crippen molar-refractivity contribution in [3.05, 3.63) is 59.7 Å². The van der Waals surface area contributed by atoms with Gasteiger partial charge in [0, 0.05) is 44.0 Å². The number of carbonyl (C=O) groups excluding carboxylic acids is 2. The summed E-state index contributed by atoms with van der Waals surface area (Å²) in [6, 6.07) is 14.2. The van der Waals surface area contributed by atoms with E-state index in [1.165, 1.54) is 4.90 Å². The summed E-state index contributed by atoms with van der Waals surface area (Å²) in [7, 11) is 1.56. The second kappa shape index (κ2) is 9.85. The molecule has 0 saturated carbocycles. The second-order valence-corrected chi connectivity index (χ2v) is 7.61. The van der Waals surface area contributed by atoms with Gasteiger partial charge in [-0.15, -0.1) is 0 Å². The summed E-state index contributed by atoms with van der Waals surface area (Å²) in [5.74, 6) is -0.631. The molecule has 0 bridgehead atoms. The van der Waals surface area contributed by atoms with Gasteiger partial charge >= 0.3 is 0 Å². The maximum absolute atomic E-state index is 13.4. The van der Waals surface area contributed by atoms with Crippen LogP contribution in [0.1, 0.15) is 28.3 Å². The van der Waals surface area contributed by atoms with Crippen molar-refractivity contribution in [3.8, 4) is 5.75 Å². The monoisotopic (exact) mass is 421 g/mol. The zero-order valence-electron chi connectivity index (χ0n) is 17.7. The molecule has 0 aliphatic carbocycles. The molecule has 1 atom stereocenters. The van der Waals surface area contributed by atoms with Crippen LogP contribution < -0.4 is 9.64 Å². The molecule has 4 rings (SSSR count). The molecule has 2 aromatic carbocycles. The smallest absolute Gasteiger partial charge is 0.265 e. The van der Waals surface area contributed by atoms with Crippen LogP contribution in [0.4, 0.5) is 5.69 Å². The van der Waals surface area contributed by atoms with Crippen molar-refractivity contribution in [2.24, 2.45) is 4.99 Å². The van der Waals surface area contributed by atoms with Gasteiger partial charge in [-0.2, -0.15) is 0 Å². The number of ether oxygens (including phenoxy) is 2. The lowest BCUT2D eigenvalue weighted by Crippen LogP contribution is -2.45. The Morgan fingerprint density at radius 2 is 1.94 bits per heavy atom. The van der Waals surface area contributed by atoms with Crippen molar-refractivity contribution in [3.63, 3.8) is 0 Å². The SMILES string of the molecule is COc1cccc(N2C(=O)c3ccccc3[C@@H](C=NCCCN3CCOCC3)C2=O)c1. The summed E-state index contributed by atoms with van der Waals surface area (Å²) >= 11 is 0. The van der Waals surface area contributed by atoms with Gasteiger partial charge in [-0.05, 0) is 30.2 Å². The van der Waals surface area contributed by atoms with E-state index in [1.807, 2.05) is 18.2 Å². The lowest BCUT2D eigenvalue weighted by molar-refractivity contribution is -0.118. The summed E-state index contributed by atoms with van der Waals surface area (Å²) in [4.78, 5) is 34.6. The van der Waals surface area contributed by atoms with Gasteiger partial charge in [0.25, 0.3) is 5.91 Å². The number of carbonyl (C=O) groups is 2. The zero-order valence-corrected chi connectivity index (χ0v) is 17.7. The molecule has 2 aromatic rings. The van der Waals surface area contributed by atoms with E-state index in [1.54, 1.807) is 43.7 Å². The van der Waals surface area contributed by atoms with Crippen molar-refractivity contribution < 1.29 is 19.1 Å². The van der Waals surface area contributed by atoms with Gasteiger partial charge in [-0.25, -0.2) is 4.90 Å². The van der Waals surface area contributed by atoms with Crippen LogP contribution in [0.25, 0.3) is 0 Å². The van der Waals surface area contributed by atoms with Gasteiger partial charge in [0.15, 0.2) is 0 Å². The standard InChI is InChI=1S/C24H27N3O4/c1-30-19-7-4-6-18(16-19)27-23(28)21-9-3-2-8-20(21)22(24(27)29)17-25-10-5-11-26-12-14-31-15-13-26/h2-4,6-9,16-17,22H,5,10-15H2,1H3/t22-/m1/s1. The Bertz CT molecular complexity index is 969. The van der Waals surface area contributed by atoms with E-state index in [4.69, 9.17) is 9.47 Å². The van der Waals surface area contributed by atoms with E-state index in [0.29, 0.717) is 29.1 Å². The maximum Gasteiger partial charge on any atom is 0.265 e. The highest BCUT2D eigenvalue weighted by molar-refractivity contribution is 6.29. The predicted molar refractivity (Wildman–Crippen MR) is 119 cm³/mol. The molecule has 2 amide bonds. The first-order chi connectivity index (χ1) is 15.2. The van der Waals surface area contributed by atoms with Crippen LogP contribution in [0, 0.1) is 0 Å². The third-order valence-corrected chi connectivity index (χ3v) is 5.65. The Labute approximate surface area is 182 Å². The highest BCUT2D eigenvalue weighted by atomic mass is 16.5. The van der Waals surface area contributed by atoms with Crippen molar-refractivity contribution in [2.45, 2.75) is 12.3 Å². The molecule has 0 aromatic heterocycles. The van der Waals surface area contributed by atoms with Gasteiger partial charge in [-0.1, -0.05) is 24.3 Å². The van der Waals surface area contributed by atoms with Crippen molar-refractivity contribution in [1.82, 2.24) is 4.90 Å². The van der Waals surface area contributed by atoms with Crippen LogP contribution >= 0.6 is 0 Å². The van der Waals surface area contributed by atoms with Gasteiger partial charge in [0.05, 0.1) is 31.9 Å². The van der Waals surface area contributed by atoms with E-state index >= 15 is 0 Å². The molecular formula is C24H27N3O4. The minimum Gasteiger partial charge on any atom is -0.497 e. The second-order valence-electron chi connectivity index (χ2n) is 7.61. The molecule has 0 N–H and O–H groups in total. The number of methoxy groups -OCH3 is 1. The number of hydrogen-bond donors (Lipinski definition) is 0. The first-order valence-electron chi connectivity index (χ1n) is 10.6. The van der Waals surface area contributed by atoms with Crippen molar-refractivity contribution >= 4 is 23.7 Å². The normalized spacial score (nSPS) is 19.6. The average molecular weight is 421 g/mol. The van der Waals surface area contributed by atoms with Crippen LogP contribution in [-0.4, -0.2) is 69.4 Å². The van der Waals surface area contributed by atoms with E-state index in [9.17, 15) is 9.59 Å². The molecule has 7 heteroatoms. The molecule has 7 nitrogen and oxygen atoms in total. The molecule has 162 valence electrons.